The molecule has 0 aliphatic heterocycles. The van der Waals surface area contributed by atoms with Crippen LogP contribution >= 0.6 is 0 Å². The average molecular weight is 599 g/mol. The summed E-state index contributed by atoms with van der Waals surface area (Å²) in [5.74, 6) is -3.74. The van der Waals surface area contributed by atoms with Gasteiger partial charge in [0.15, 0.2) is 0 Å². The number of halogens is 4. The third kappa shape index (κ3) is 7.01. The monoisotopic (exact) mass is 598 g/mol. The number of carbonyl (C=O) groups is 1. The van der Waals surface area contributed by atoms with E-state index < -0.39 is 50.1 Å². The smallest absolute Gasteiger partial charge is 0.240 e. The Morgan fingerprint density at radius 3 is 2.40 bits per heavy atom. The summed E-state index contributed by atoms with van der Waals surface area (Å²) in [4.78, 5) is 19.9. The van der Waals surface area contributed by atoms with E-state index in [1.165, 1.54) is 30.5 Å². The van der Waals surface area contributed by atoms with Crippen LogP contribution in [0.1, 0.15) is 23.6 Å². The van der Waals surface area contributed by atoms with Gasteiger partial charge < -0.3 is 10.3 Å². The van der Waals surface area contributed by atoms with Crippen LogP contribution in [0.5, 0.6) is 0 Å². The number of aromatic amines is 1. The zero-order valence-electron chi connectivity index (χ0n) is 22.3. The van der Waals surface area contributed by atoms with Crippen molar-refractivity contribution in [3.63, 3.8) is 0 Å². The summed E-state index contributed by atoms with van der Waals surface area (Å²) in [6.45, 7) is 5.36. The Labute approximate surface area is 239 Å². The van der Waals surface area contributed by atoms with E-state index in [-0.39, 0.29) is 35.2 Å². The lowest BCUT2D eigenvalue weighted by atomic mass is 9.95. The number of aliphatic imine (C=N–C) groups is 1. The molecule has 1 aromatic heterocycles. The fourth-order valence-corrected chi connectivity index (χ4v) is 5.27. The highest BCUT2D eigenvalue weighted by Gasteiger charge is 2.24. The number of rotatable bonds is 10. The molecule has 42 heavy (non-hydrogen) atoms. The Morgan fingerprint density at radius 1 is 1.05 bits per heavy atom. The fourth-order valence-electron chi connectivity index (χ4n) is 4.64. The van der Waals surface area contributed by atoms with Gasteiger partial charge in [0, 0.05) is 35.0 Å². The van der Waals surface area contributed by atoms with E-state index in [1.54, 1.807) is 19.2 Å². The van der Waals surface area contributed by atoms with Gasteiger partial charge in [-0.05, 0) is 72.5 Å². The summed E-state index contributed by atoms with van der Waals surface area (Å²) < 4.78 is 80.3. The number of nitrogens with one attached hydrogen (secondary N) is 2. The zero-order chi connectivity index (χ0) is 30.6. The van der Waals surface area contributed by atoms with Crippen molar-refractivity contribution in [3.8, 4) is 0 Å². The molecule has 12 heteroatoms. The maximum Gasteiger partial charge on any atom is 0.240 e. The topological polar surface area (TPSA) is 117 Å². The molecule has 0 saturated carbocycles. The van der Waals surface area contributed by atoms with Crippen LogP contribution in [0.15, 0.2) is 89.0 Å². The number of amides is 1. The van der Waals surface area contributed by atoms with Crippen molar-refractivity contribution in [2.24, 2.45) is 10.1 Å². The number of hydrogen-bond donors (Lipinski definition) is 3. The molecule has 1 atom stereocenters. The van der Waals surface area contributed by atoms with Crippen LogP contribution in [0.4, 0.5) is 17.6 Å². The highest BCUT2D eigenvalue weighted by molar-refractivity contribution is 7.89. The fraction of sp³-hybridized carbons (Fsp3) is 0.133. The summed E-state index contributed by atoms with van der Waals surface area (Å²) in [5.41, 5.74) is 1.81. The Bertz CT molecular complexity index is 1830. The first-order valence-corrected chi connectivity index (χ1v) is 14.1. The standard InChI is InChI=1S/C30H26F4N4O3S/c1-3-23(18-5-7-25(34)28(12-18)42(35,40)41)30(36-4-2)27(11-17-9-21(32)14-22(33)10-17)38-29(39)13-19-16-37-26-8-6-20(31)15-24(19)26/h3-10,12,14-16,27,37H,1,11,13H2,2H3,(H,38,39)(H2,35,40,41)/b30-23+,36-4-/t27-/m0/s1. The number of allylic oxidation sites excluding steroid dienone is 2. The molecule has 4 aromatic rings. The van der Waals surface area contributed by atoms with Crippen molar-refractivity contribution in [2.45, 2.75) is 30.7 Å². The van der Waals surface area contributed by atoms with E-state index in [2.05, 4.69) is 21.9 Å². The van der Waals surface area contributed by atoms with Crippen molar-refractivity contribution < 1.29 is 30.8 Å². The van der Waals surface area contributed by atoms with Crippen LogP contribution in [0.2, 0.25) is 0 Å². The number of aromatic nitrogens is 1. The van der Waals surface area contributed by atoms with Gasteiger partial charge in [0.2, 0.25) is 15.9 Å². The molecule has 1 heterocycles. The first-order valence-electron chi connectivity index (χ1n) is 12.6. The Balaban J connectivity index is 1.81. The van der Waals surface area contributed by atoms with E-state index in [4.69, 9.17) is 5.14 Å². The summed E-state index contributed by atoms with van der Waals surface area (Å²) in [5, 5.41) is 8.50. The van der Waals surface area contributed by atoms with E-state index in [0.717, 1.165) is 24.3 Å². The van der Waals surface area contributed by atoms with Crippen LogP contribution in [-0.2, 0) is 27.7 Å². The molecule has 0 aliphatic carbocycles. The third-order valence-corrected chi connectivity index (χ3v) is 7.33. The van der Waals surface area contributed by atoms with Gasteiger partial charge in [0.1, 0.15) is 28.2 Å². The van der Waals surface area contributed by atoms with Gasteiger partial charge in [-0.15, -0.1) is 0 Å². The number of sulfonamides is 1. The van der Waals surface area contributed by atoms with E-state index in [1.807, 2.05) is 0 Å². The summed E-state index contributed by atoms with van der Waals surface area (Å²) in [6, 6.07) is 9.19. The van der Waals surface area contributed by atoms with E-state index >= 15 is 0 Å². The molecular weight excluding hydrogens is 572 g/mol. The second kappa shape index (κ2) is 12.5. The van der Waals surface area contributed by atoms with Crippen LogP contribution < -0.4 is 10.5 Å². The lowest BCUT2D eigenvalue weighted by Gasteiger charge is -2.23. The minimum absolute atomic E-state index is 0.141. The Kier molecular flexibility index (Phi) is 9.08. The maximum absolute atomic E-state index is 14.3. The van der Waals surface area contributed by atoms with Crippen LogP contribution in [0.25, 0.3) is 16.5 Å². The lowest BCUT2D eigenvalue weighted by Crippen LogP contribution is -2.39. The van der Waals surface area contributed by atoms with Gasteiger partial charge in [-0.1, -0.05) is 18.7 Å². The lowest BCUT2D eigenvalue weighted by molar-refractivity contribution is -0.120. The molecule has 0 spiro atoms. The summed E-state index contributed by atoms with van der Waals surface area (Å²) >= 11 is 0. The quantitative estimate of drug-likeness (QED) is 0.130. The van der Waals surface area contributed by atoms with Gasteiger partial charge in [0.25, 0.3) is 0 Å². The second-order valence-electron chi connectivity index (χ2n) is 9.36. The van der Waals surface area contributed by atoms with Gasteiger partial charge in [-0.3, -0.25) is 9.79 Å². The maximum atomic E-state index is 14.3. The predicted octanol–water partition coefficient (Wildman–Crippen LogP) is 5.33. The van der Waals surface area contributed by atoms with Crippen molar-refractivity contribution >= 4 is 38.6 Å². The number of carbonyl (C=O) groups excluding carboxylic acids is 1. The summed E-state index contributed by atoms with van der Waals surface area (Å²) in [6.07, 6.45) is 3.98. The third-order valence-electron chi connectivity index (χ3n) is 6.40. The molecule has 7 nitrogen and oxygen atoms in total. The van der Waals surface area contributed by atoms with E-state index in [0.29, 0.717) is 22.5 Å². The Hall–Kier alpha value is -4.55. The molecule has 1 amide bonds. The predicted molar refractivity (Wildman–Crippen MR) is 153 cm³/mol. The number of fused-ring (bicyclic) bond motifs is 1. The SMILES string of the molecule is C=C/C(=C(\N=C/C)[C@H](Cc1cc(F)cc(F)c1)NC(=O)Cc1c[nH]c2ccc(F)cc12)c1ccc(F)c(S(N)(=O)=O)c1. The van der Waals surface area contributed by atoms with Crippen molar-refractivity contribution in [1.82, 2.24) is 10.3 Å². The van der Waals surface area contributed by atoms with Crippen molar-refractivity contribution in [1.29, 1.82) is 0 Å². The van der Waals surface area contributed by atoms with Crippen molar-refractivity contribution in [2.75, 3.05) is 0 Å². The molecule has 0 aliphatic rings. The van der Waals surface area contributed by atoms with Crippen LogP contribution in [0.3, 0.4) is 0 Å². The molecule has 0 saturated heterocycles. The van der Waals surface area contributed by atoms with Crippen molar-refractivity contribution in [3.05, 3.63) is 119 Å². The van der Waals surface area contributed by atoms with Gasteiger partial charge in [-0.2, -0.15) is 0 Å². The zero-order valence-corrected chi connectivity index (χ0v) is 23.1. The first kappa shape index (κ1) is 30.4. The highest BCUT2D eigenvalue weighted by atomic mass is 32.2. The van der Waals surface area contributed by atoms with Crippen LogP contribution in [0, 0.1) is 23.3 Å². The van der Waals surface area contributed by atoms with Gasteiger partial charge >= 0.3 is 0 Å². The molecule has 3 aromatic carbocycles. The molecule has 0 radical (unpaired) electrons. The minimum Gasteiger partial charge on any atom is -0.361 e. The second-order valence-corrected chi connectivity index (χ2v) is 10.9. The molecule has 4 N–H and O–H groups in total. The first-order chi connectivity index (χ1) is 19.9. The number of primary sulfonamides is 1. The number of H-pyrrole nitrogens is 1. The molecule has 0 unspecified atom stereocenters. The number of hydrogen-bond acceptors (Lipinski definition) is 4. The number of benzene rings is 3. The molecule has 218 valence electrons. The van der Waals surface area contributed by atoms with Crippen LogP contribution in [-0.4, -0.2) is 31.6 Å². The molecule has 0 fully saturated rings. The summed E-state index contributed by atoms with van der Waals surface area (Å²) in [7, 11) is -4.44. The average Bonchev–Trinajstić information content (AvgIpc) is 3.29. The normalized spacial score (nSPS) is 13.3. The minimum atomic E-state index is -4.44. The number of nitrogens with two attached hydrogens (primary N) is 1. The molecule has 4 rings (SSSR count). The molecule has 0 bridgehead atoms. The van der Waals surface area contributed by atoms with Gasteiger partial charge in [0.05, 0.1) is 18.2 Å². The largest absolute Gasteiger partial charge is 0.361 e. The number of nitrogens with zero attached hydrogens (tertiary/aromatic N) is 1. The van der Waals surface area contributed by atoms with E-state index in [9.17, 15) is 30.8 Å². The molecular formula is C30H26F4N4O3S. The Morgan fingerprint density at radius 2 is 1.76 bits per heavy atom. The van der Waals surface area contributed by atoms with Gasteiger partial charge in [-0.25, -0.2) is 31.1 Å². The highest BCUT2D eigenvalue weighted by Crippen LogP contribution is 2.28.